The molecule has 0 aliphatic carbocycles. The van der Waals surface area contributed by atoms with Crippen molar-refractivity contribution < 1.29 is 19.8 Å². The van der Waals surface area contributed by atoms with Gasteiger partial charge in [-0.1, -0.05) is 38.1 Å². The smallest absolute Gasteiger partial charge is 0.337 e. The third kappa shape index (κ3) is 6.26. The molecule has 0 aliphatic rings. The number of nitrogens with one attached hydrogen (secondary N) is 1. The van der Waals surface area contributed by atoms with Crippen LogP contribution in [0.15, 0.2) is 24.3 Å². The number of benzene rings is 1. The van der Waals surface area contributed by atoms with E-state index in [1.54, 1.807) is 0 Å². The van der Waals surface area contributed by atoms with Gasteiger partial charge in [0.25, 0.3) is 0 Å². The Hall–Kier alpha value is -1.88. The van der Waals surface area contributed by atoms with Crippen molar-refractivity contribution >= 4 is 11.9 Å². The van der Waals surface area contributed by atoms with Crippen LogP contribution in [0.2, 0.25) is 0 Å². The number of carboxylic acids is 1. The molecule has 0 aliphatic heterocycles. The van der Waals surface area contributed by atoms with Crippen molar-refractivity contribution in [1.29, 1.82) is 0 Å². The van der Waals surface area contributed by atoms with Gasteiger partial charge < -0.3 is 15.5 Å². The summed E-state index contributed by atoms with van der Waals surface area (Å²) in [5, 5.41) is 20.7. The predicted octanol–water partition coefficient (Wildman–Crippen LogP) is 1.77. The highest BCUT2D eigenvalue weighted by molar-refractivity contribution is 5.80. The molecular weight excluding hydrogens is 282 g/mol. The zero-order valence-corrected chi connectivity index (χ0v) is 13.4. The summed E-state index contributed by atoms with van der Waals surface area (Å²) in [6.45, 7) is 5.20. The van der Waals surface area contributed by atoms with Gasteiger partial charge in [-0.25, -0.2) is 4.79 Å². The van der Waals surface area contributed by atoms with Crippen molar-refractivity contribution in [2.45, 2.75) is 45.6 Å². The molecule has 122 valence electrons. The second kappa shape index (κ2) is 7.94. The molecule has 5 nitrogen and oxygen atoms in total. The van der Waals surface area contributed by atoms with E-state index in [2.05, 4.69) is 31.3 Å². The van der Waals surface area contributed by atoms with E-state index in [4.69, 9.17) is 5.11 Å². The van der Waals surface area contributed by atoms with Crippen LogP contribution in [0.1, 0.15) is 38.3 Å². The average molecular weight is 307 g/mol. The van der Waals surface area contributed by atoms with Gasteiger partial charge in [0.1, 0.15) is 0 Å². The van der Waals surface area contributed by atoms with E-state index in [1.165, 1.54) is 5.56 Å². The Balaban J connectivity index is 2.39. The number of carbonyl (C=O) groups is 2. The molecule has 0 fully saturated rings. The van der Waals surface area contributed by atoms with Crippen LogP contribution < -0.4 is 5.32 Å². The van der Waals surface area contributed by atoms with E-state index in [0.717, 1.165) is 18.9 Å². The number of rotatable bonds is 8. The van der Waals surface area contributed by atoms with Crippen LogP contribution in [0.4, 0.5) is 0 Å². The van der Waals surface area contributed by atoms with Gasteiger partial charge in [-0.2, -0.15) is 0 Å². The number of hydrogen-bond acceptors (Lipinski definition) is 3. The highest BCUT2D eigenvalue weighted by Crippen LogP contribution is 2.11. The lowest BCUT2D eigenvalue weighted by Gasteiger charge is -2.18. The van der Waals surface area contributed by atoms with Crippen LogP contribution in [0.3, 0.4) is 0 Å². The standard InChI is InChI=1S/C17H25NO4/c1-12(2)10-14-6-4-13(5-7-14)8-9-15(19)18-11-17(3,22)16(20)21/h4-7,12,22H,8-11H2,1-3H3,(H,18,19)(H,20,21). The second-order valence-electron chi connectivity index (χ2n) is 6.27. The lowest BCUT2D eigenvalue weighted by molar-refractivity contribution is -0.156. The molecule has 0 saturated heterocycles. The summed E-state index contributed by atoms with van der Waals surface area (Å²) in [5.74, 6) is -1.01. The highest BCUT2D eigenvalue weighted by atomic mass is 16.4. The van der Waals surface area contributed by atoms with E-state index >= 15 is 0 Å². The first kappa shape index (κ1) is 18.2. The van der Waals surface area contributed by atoms with Gasteiger partial charge >= 0.3 is 5.97 Å². The van der Waals surface area contributed by atoms with Gasteiger partial charge in [-0.05, 0) is 36.8 Å². The zero-order valence-electron chi connectivity index (χ0n) is 13.4. The molecular formula is C17H25NO4. The SMILES string of the molecule is CC(C)Cc1ccc(CCC(=O)NCC(C)(O)C(=O)O)cc1. The summed E-state index contributed by atoms with van der Waals surface area (Å²) >= 11 is 0. The van der Waals surface area contributed by atoms with E-state index < -0.39 is 11.6 Å². The van der Waals surface area contributed by atoms with E-state index in [9.17, 15) is 14.7 Å². The fourth-order valence-electron chi connectivity index (χ4n) is 2.01. The molecule has 1 atom stereocenters. The quantitative estimate of drug-likeness (QED) is 0.683. The normalized spacial score (nSPS) is 13.7. The number of amides is 1. The molecule has 1 aromatic rings. The fraction of sp³-hybridized carbons (Fsp3) is 0.529. The Morgan fingerprint density at radius 1 is 1.18 bits per heavy atom. The third-order valence-electron chi connectivity index (χ3n) is 3.40. The molecule has 1 rings (SSSR count). The van der Waals surface area contributed by atoms with Crippen LogP contribution in [0.25, 0.3) is 0 Å². The van der Waals surface area contributed by atoms with Crippen LogP contribution in [-0.2, 0) is 22.4 Å². The Morgan fingerprint density at radius 2 is 1.73 bits per heavy atom. The number of aryl methyl sites for hydroxylation is 1. The summed E-state index contributed by atoms with van der Waals surface area (Å²) in [5.41, 5.74) is 0.405. The van der Waals surface area contributed by atoms with Crippen molar-refractivity contribution in [3.63, 3.8) is 0 Å². The molecule has 0 saturated carbocycles. The van der Waals surface area contributed by atoms with Crippen molar-refractivity contribution in [3.05, 3.63) is 35.4 Å². The van der Waals surface area contributed by atoms with E-state index in [1.807, 2.05) is 12.1 Å². The number of aliphatic hydroxyl groups is 1. The Morgan fingerprint density at radius 3 is 2.23 bits per heavy atom. The van der Waals surface area contributed by atoms with Gasteiger partial charge in [-0.15, -0.1) is 0 Å². The number of carboxylic acid groups (broad SMARTS) is 1. The minimum atomic E-state index is -1.94. The molecule has 0 spiro atoms. The summed E-state index contributed by atoms with van der Waals surface area (Å²) in [4.78, 5) is 22.4. The molecule has 0 bridgehead atoms. The minimum absolute atomic E-state index is 0.263. The van der Waals surface area contributed by atoms with Gasteiger partial charge in [0.05, 0.1) is 6.54 Å². The van der Waals surface area contributed by atoms with Gasteiger partial charge in [0.2, 0.25) is 5.91 Å². The lowest BCUT2D eigenvalue weighted by atomic mass is 10.0. The Bertz CT molecular complexity index is 506. The lowest BCUT2D eigenvalue weighted by Crippen LogP contribution is -2.46. The minimum Gasteiger partial charge on any atom is -0.479 e. The first-order valence-corrected chi connectivity index (χ1v) is 7.51. The highest BCUT2D eigenvalue weighted by Gasteiger charge is 2.30. The average Bonchev–Trinajstić information content (AvgIpc) is 2.43. The van der Waals surface area contributed by atoms with Crippen LogP contribution in [0, 0.1) is 5.92 Å². The molecule has 0 radical (unpaired) electrons. The molecule has 22 heavy (non-hydrogen) atoms. The topological polar surface area (TPSA) is 86.6 Å². The van der Waals surface area contributed by atoms with Crippen molar-refractivity contribution in [3.8, 4) is 0 Å². The third-order valence-corrected chi connectivity index (χ3v) is 3.40. The van der Waals surface area contributed by atoms with E-state index in [0.29, 0.717) is 12.3 Å². The van der Waals surface area contributed by atoms with Crippen molar-refractivity contribution in [2.24, 2.45) is 5.92 Å². The maximum absolute atomic E-state index is 11.7. The van der Waals surface area contributed by atoms with Gasteiger partial charge in [0.15, 0.2) is 5.60 Å². The first-order valence-electron chi connectivity index (χ1n) is 7.51. The van der Waals surface area contributed by atoms with Crippen LogP contribution in [0.5, 0.6) is 0 Å². The van der Waals surface area contributed by atoms with Gasteiger partial charge in [0, 0.05) is 6.42 Å². The zero-order chi connectivity index (χ0) is 16.8. The largest absolute Gasteiger partial charge is 0.479 e. The summed E-state index contributed by atoms with van der Waals surface area (Å²) in [6, 6.07) is 8.17. The number of aliphatic carboxylic acids is 1. The molecule has 1 amide bonds. The fourth-order valence-corrected chi connectivity index (χ4v) is 2.01. The van der Waals surface area contributed by atoms with Crippen molar-refractivity contribution in [2.75, 3.05) is 6.54 Å². The molecule has 0 aromatic heterocycles. The maximum Gasteiger partial charge on any atom is 0.337 e. The Labute approximate surface area is 131 Å². The monoisotopic (exact) mass is 307 g/mol. The number of carbonyl (C=O) groups excluding carboxylic acids is 1. The molecule has 5 heteroatoms. The van der Waals surface area contributed by atoms with Crippen LogP contribution >= 0.6 is 0 Å². The van der Waals surface area contributed by atoms with E-state index in [-0.39, 0.29) is 18.9 Å². The summed E-state index contributed by atoms with van der Waals surface area (Å²) in [6.07, 6.45) is 1.88. The van der Waals surface area contributed by atoms with Crippen LogP contribution in [-0.4, -0.2) is 34.2 Å². The predicted molar refractivity (Wildman–Crippen MR) is 84.6 cm³/mol. The summed E-state index contributed by atoms with van der Waals surface area (Å²) in [7, 11) is 0. The van der Waals surface area contributed by atoms with Gasteiger partial charge in [-0.3, -0.25) is 4.79 Å². The second-order valence-corrected chi connectivity index (χ2v) is 6.27. The molecule has 1 unspecified atom stereocenters. The Kier molecular flexibility index (Phi) is 6.56. The molecule has 0 heterocycles. The van der Waals surface area contributed by atoms with Crippen molar-refractivity contribution in [1.82, 2.24) is 5.32 Å². The molecule has 3 N–H and O–H groups in total. The maximum atomic E-state index is 11.7. The first-order chi connectivity index (χ1) is 10.2. The number of hydrogen-bond donors (Lipinski definition) is 3. The molecule has 1 aromatic carbocycles. The summed E-state index contributed by atoms with van der Waals surface area (Å²) < 4.78 is 0.